The quantitative estimate of drug-likeness (QED) is 0.770. The Bertz CT molecular complexity index is 512. The lowest BCUT2D eigenvalue weighted by atomic mass is 9.90. The largest absolute Gasteiger partial charge is 0.458 e. The number of hydrogen-bond acceptors (Lipinski definition) is 5. The topological polar surface area (TPSA) is 61.8 Å². The lowest BCUT2D eigenvalue weighted by Gasteiger charge is -2.43. The van der Waals surface area contributed by atoms with Gasteiger partial charge in [-0.3, -0.25) is 9.59 Å². The van der Waals surface area contributed by atoms with Gasteiger partial charge in [0.2, 0.25) is 0 Å². The molecule has 5 nitrogen and oxygen atoms in total. The smallest absolute Gasteiger partial charge is 0.308 e. The molecule has 2 aliphatic heterocycles. The molecule has 1 aromatic rings. The van der Waals surface area contributed by atoms with E-state index in [9.17, 15) is 9.59 Å². The monoisotopic (exact) mass is 276 g/mol. The van der Waals surface area contributed by atoms with E-state index in [0.29, 0.717) is 6.42 Å². The van der Waals surface area contributed by atoms with Gasteiger partial charge in [-0.2, -0.15) is 0 Å². The molecule has 0 radical (unpaired) electrons. The number of fused-ring (bicyclic) bond motifs is 2. The normalized spacial score (nSPS) is 32.4. The first-order valence-corrected chi connectivity index (χ1v) is 6.70. The van der Waals surface area contributed by atoms with Crippen molar-refractivity contribution >= 4 is 11.9 Å². The van der Waals surface area contributed by atoms with Crippen LogP contribution in [0.3, 0.4) is 0 Å². The summed E-state index contributed by atoms with van der Waals surface area (Å²) in [7, 11) is 0. The number of carbonyl (C=O) groups is 2. The Morgan fingerprint density at radius 2 is 2.05 bits per heavy atom. The lowest BCUT2D eigenvalue weighted by molar-refractivity contribution is -0.227. The Morgan fingerprint density at radius 1 is 1.30 bits per heavy atom. The summed E-state index contributed by atoms with van der Waals surface area (Å²) in [6, 6.07) is 9.56. The van der Waals surface area contributed by atoms with Crippen LogP contribution in [0.5, 0.6) is 0 Å². The second-order valence-electron chi connectivity index (χ2n) is 5.13. The highest BCUT2D eigenvalue weighted by Crippen LogP contribution is 2.39. The molecule has 1 aromatic carbocycles. The van der Waals surface area contributed by atoms with E-state index >= 15 is 0 Å². The molecule has 2 aliphatic rings. The first-order chi connectivity index (χ1) is 9.63. The molecule has 0 N–H and O–H groups in total. The van der Waals surface area contributed by atoms with E-state index in [-0.39, 0.29) is 18.5 Å². The molecule has 2 heterocycles. The molecular weight excluding hydrogens is 260 g/mol. The SMILES string of the molecule is CC(=O)O[C@H]1[C@@H]2C[C@@H](CC(=O)O2)O[C@@H]1c1ccccc1. The van der Waals surface area contributed by atoms with Crippen LogP contribution in [0.4, 0.5) is 0 Å². The maximum atomic E-state index is 11.5. The first-order valence-electron chi connectivity index (χ1n) is 6.70. The minimum Gasteiger partial charge on any atom is -0.458 e. The van der Waals surface area contributed by atoms with Crippen LogP contribution >= 0.6 is 0 Å². The van der Waals surface area contributed by atoms with E-state index in [1.165, 1.54) is 6.92 Å². The fourth-order valence-corrected chi connectivity index (χ4v) is 2.82. The fourth-order valence-electron chi connectivity index (χ4n) is 2.82. The summed E-state index contributed by atoms with van der Waals surface area (Å²) in [4.78, 5) is 22.8. The summed E-state index contributed by atoms with van der Waals surface area (Å²) >= 11 is 0. The third kappa shape index (κ3) is 2.54. The molecule has 20 heavy (non-hydrogen) atoms. The molecule has 2 fully saturated rings. The van der Waals surface area contributed by atoms with Gasteiger partial charge in [0.1, 0.15) is 12.2 Å². The second kappa shape index (κ2) is 5.25. The Hall–Kier alpha value is -1.88. The van der Waals surface area contributed by atoms with Crippen LogP contribution in [-0.2, 0) is 23.8 Å². The van der Waals surface area contributed by atoms with Crippen molar-refractivity contribution < 1.29 is 23.8 Å². The number of benzene rings is 1. The van der Waals surface area contributed by atoms with Gasteiger partial charge < -0.3 is 14.2 Å². The van der Waals surface area contributed by atoms with Crippen molar-refractivity contribution in [2.75, 3.05) is 0 Å². The van der Waals surface area contributed by atoms with Crippen molar-refractivity contribution in [3.8, 4) is 0 Å². The van der Waals surface area contributed by atoms with Gasteiger partial charge >= 0.3 is 11.9 Å². The molecule has 4 atom stereocenters. The molecular formula is C15H16O5. The van der Waals surface area contributed by atoms with Crippen molar-refractivity contribution in [1.82, 2.24) is 0 Å². The highest BCUT2D eigenvalue weighted by Gasteiger charge is 2.47. The van der Waals surface area contributed by atoms with Gasteiger partial charge in [-0.1, -0.05) is 30.3 Å². The minimum absolute atomic E-state index is 0.168. The molecule has 0 aliphatic carbocycles. The van der Waals surface area contributed by atoms with E-state index in [2.05, 4.69) is 0 Å². The summed E-state index contributed by atoms with van der Waals surface area (Å²) in [5.74, 6) is -0.700. The maximum absolute atomic E-state index is 11.5. The van der Waals surface area contributed by atoms with Crippen LogP contribution in [0, 0.1) is 0 Å². The van der Waals surface area contributed by atoms with Gasteiger partial charge in [-0.15, -0.1) is 0 Å². The van der Waals surface area contributed by atoms with Crippen LogP contribution < -0.4 is 0 Å². The van der Waals surface area contributed by atoms with Crippen LogP contribution in [-0.4, -0.2) is 30.3 Å². The second-order valence-corrected chi connectivity index (χ2v) is 5.13. The Kier molecular flexibility index (Phi) is 3.44. The fraction of sp³-hybridized carbons (Fsp3) is 0.467. The summed E-state index contributed by atoms with van der Waals surface area (Å²) in [6.45, 7) is 1.35. The Balaban J connectivity index is 1.90. The van der Waals surface area contributed by atoms with Crippen LogP contribution in [0.2, 0.25) is 0 Å². The van der Waals surface area contributed by atoms with Gasteiger partial charge in [-0.05, 0) is 5.56 Å². The first kappa shape index (κ1) is 13.1. The van der Waals surface area contributed by atoms with Crippen molar-refractivity contribution in [2.45, 2.75) is 44.2 Å². The average Bonchev–Trinajstić information content (AvgIpc) is 2.42. The molecule has 0 aromatic heterocycles. The minimum atomic E-state index is -0.588. The van der Waals surface area contributed by atoms with Gasteiger partial charge in [0, 0.05) is 13.3 Å². The van der Waals surface area contributed by atoms with Crippen LogP contribution in [0.1, 0.15) is 31.4 Å². The summed E-state index contributed by atoms with van der Waals surface area (Å²) in [6.07, 6.45) is -0.741. The predicted molar refractivity (Wildman–Crippen MR) is 68.7 cm³/mol. The molecule has 0 saturated carbocycles. The zero-order valence-electron chi connectivity index (χ0n) is 11.2. The maximum Gasteiger partial charge on any atom is 0.308 e. The number of esters is 2. The highest BCUT2D eigenvalue weighted by atomic mass is 16.6. The number of rotatable bonds is 2. The molecule has 0 spiro atoms. The van der Waals surface area contributed by atoms with Crippen molar-refractivity contribution in [1.29, 1.82) is 0 Å². The zero-order chi connectivity index (χ0) is 14.1. The van der Waals surface area contributed by atoms with E-state index in [1.807, 2.05) is 30.3 Å². The van der Waals surface area contributed by atoms with Crippen molar-refractivity contribution in [3.05, 3.63) is 35.9 Å². The van der Waals surface area contributed by atoms with E-state index in [0.717, 1.165) is 5.56 Å². The zero-order valence-corrected chi connectivity index (χ0v) is 11.2. The van der Waals surface area contributed by atoms with E-state index < -0.39 is 24.3 Å². The molecule has 0 unspecified atom stereocenters. The van der Waals surface area contributed by atoms with Gasteiger partial charge in [0.25, 0.3) is 0 Å². The average molecular weight is 276 g/mol. The molecule has 106 valence electrons. The van der Waals surface area contributed by atoms with Gasteiger partial charge in [0.15, 0.2) is 6.10 Å². The predicted octanol–water partition coefficient (Wildman–Crippen LogP) is 1.76. The molecule has 5 heteroatoms. The molecule has 0 amide bonds. The van der Waals surface area contributed by atoms with Gasteiger partial charge in [-0.25, -0.2) is 0 Å². The number of ether oxygens (including phenoxy) is 3. The number of carbonyl (C=O) groups excluding carboxylic acids is 2. The molecule has 3 rings (SSSR count). The summed E-state index contributed by atoms with van der Waals surface area (Å²) in [5, 5.41) is 0. The van der Waals surface area contributed by atoms with Crippen LogP contribution in [0.15, 0.2) is 30.3 Å². The third-order valence-electron chi connectivity index (χ3n) is 3.61. The van der Waals surface area contributed by atoms with E-state index in [4.69, 9.17) is 14.2 Å². The summed E-state index contributed by atoms with van der Waals surface area (Å²) in [5.41, 5.74) is 0.923. The van der Waals surface area contributed by atoms with Crippen molar-refractivity contribution in [2.24, 2.45) is 0 Å². The lowest BCUT2D eigenvalue weighted by Crippen LogP contribution is -2.51. The number of hydrogen-bond donors (Lipinski definition) is 0. The van der Waals surface area contributed by atoms with Crippen LogP contribution in [0.25, 0.3) is 0 Å². The molecule has 2 saturated heterocycles. The van der Waals surface area contributed by atoms with Crippen molar-refractivity contribution in [3.63, 3.8) is 0 Å². The Labute approximate surface area is 116 Å². The summed E-state index contributed by atoms with van der Waals surface area (Å²) < 4.78 is 16.6. The Morgan fingerprint density at radius 3 is 2.75 bits per heavy atom. The highest BCUT2D eigenvalue weighted by molar-refractivity contribution is 5.71. The third-order valence-corrected chi connectivity index (χ3v) is 3.61. The standard InChI is InChI=1S/C15H16O5/c1-9(16)18-15-12-7-11(8-13(17)20-12)19-14(15)10-5-3-2-4-6-10/h2-6,11-12,14-15H,7-8H2,1H3/t11-,12-,14+,15-/m0/s1. The van der Waals surface area contributed by atoms with E-state index in [1.54, 1.807) is 0 Å². The van der Waals surface area contributed by atoms with Gasteiger partial charge in [0.05, 0.1) is 12.5 Å². The molecule has 2 bridgehead atoms.